The van der Waals surface area contributed by atoms with Crippen molar-refractivity contribution >= 4 is 28.2 Å². The van der Waals surface area contributed by atoms with E-state index in [0.29, 0.717) is 13.2 Å². The summed E-state index contributed by atoms with van der Waals surface area (Å²) in [6.07, 6.45) is 4.61. The molecule has 1 atom stereocenters. The van der Waals surface area contributed by atoms with Gasteiger partial charge in [0.25, 0.3) is 0 Å². The van der Waals surface area contributed by atoms with Crippen LogP contribution in [0.5, 0.6) is 11.5 Å². The Labute approximate surface area is 288 Å². The third-order valence-electron chi connectivity index (χ3n) is 11.1. The zero-order chi connectivity index (χ0) is 33.2. The van der Waals surface area contributed by atoms with E-state index in [2.05, 4.69) is 127 Å². The van der Waals surface area contributed by atoms with Crippen molar-refractivity contribution in [1.82, 2.24) is 0 Å². The molecular weight excluding hydrogens is 608 g/mol. The third kappa shape index (κ3) is 4.68. The average Bonchev–Trinajstić information content (AvgIpc) is 3.42. The van der Waals surface area contributed by atoms with Crippen molar-refractivity contribution < 1.29 is 18.9 Å². The number of nitrogens with zero attached hydrogens (tertiary/aromatic N) is 2. The molecule has 6 heteroatoms. The van der Waals surface area contributed by atoms with E-state index < -0.39 is 5.60 Å². The van der Waals surface area contributed by atoms with Crippen molar-refractivity contribution in [2.75, 3.05) is 69.5 Å². The Morgan fingerprint density at radius 2 is 1.35 bits per heavy atom. The van der Waals surface area contributed by atoms with E-state index in [4.69, 9.17) is 18.9 Å². The van der Waals surface area contributed by atoms with Gasteiger partial charge >= 0.3 is 0 Å². The molecule has 0 amide bonds. The first-order valence-corrected chi connectivity index (χ1v) is 17.5. The molecule has 0 aromatic heterocycles. The second-order valence-corrected chi connectivity index (χ2v) is 14.0. The second kappa shape index (κ2) is 11.7. The van der Waals surface area contributed by atoms with Crippen LogP contribution in [0.4, 0.5) is 11.4 Å². The maximum absolute atomic E-state index is 7.58. The van der Waals surface area contributed by atoms with Gasteiger partial charge in [0.15, 0.2) is 5.60 Å². The van der Waals surface area contributed by atoms with Gasteiger partial charge in [0.05, 0.1) is 39.2 Å². The van der Waals surface area contributed by atoms with Gasteiger partial charge < -0.3 is 28.7 Å². The van der Waals surface area contributed by atoms with E-state index in [1.807, 2.05) is 0 Å². The molecule has 0 radical (unpaired) electrons. The standard InChI is InChI=1S/C43H42N2O4/c1-42(2)36-12-8-7-11-32(36)39-34-27-37(45-21-25-48-26-22-45)38(46-3)28-35(34)41-33(40(39)42)17-18-43(49-41,29-9-5-4-6-10-29)30-13-15-31(16-14-30)44-19-23-47-24-20-44/h4-18,27-28H,19-26H2,1-3H3. The molecule has 49 heavy (non-hydrogen) atoms. The summed E-state index contributed by atoms with van der Waals surface area (Å²) in [6.45, 7) is 11.1. The summed E-state index contributed by atoms with van der Waals surface area (Å²) < 4.78 is 25.1. The molecule has 5 aromatic carbocycles. The van der Waals surface area contributed by atoms with Crippen molar-refractivity contribution in [2.45, 2.75) is 24.9 Å². The summed E-state index contributed by atoms with van der Waals surface area (Å²) in [5.74, 6) is 1.74. The van der Waals surface area contributed by atoms with E-state index in [9.17, 15) is 0 Å². The number of ether oxygens (including phenoxy) is 4. The number of anilines is 2. The fourth-order valence-electron chi connectivity index (χ4n) is 8.58. The van der Waals surface area contributed by atoms with Crippen LogP contribution >= 0.6 is 0 Å². The number of hydrogen-bond donors (Lipinski definition) is 0. The lowest BCUT2D eigenvalue weighted by atomic mass is 9.76. The highest BCUT2D eigenvalue weighted by Gasteiger charge is 2.44. The smallest absolute Gasteiger partial charge is 0.178 e. The quantitative estimate of drug-likeness (QED) is 0.191. The highest BCUT2D eigenvalue weighted by Crippen LogP contribution is 2.59. The molecule has 0 bridgehead atoms. The lowest BCUT2D eigenvalue weighted by molar-refractivity contribution is 0.122. The molecule has 9 rings (SSSR count). The van der Waals surface area contributed by atoms with Crippen LogP contribution in [0.3, 0.4) is 0 Å². The number of methoxy groups -OCH3 is 1. The monoisotopic (exact) mass is 650 g/mol. The van der Waals surface area contributed by atoms with Gasteiger partial charge in [-0.05, 0) is 58.0 Å². The SMILES string of the molecule is COc1cc2c3c(c4c(c2cc1N1CCOCC1)-c1ccccc1C4(C)C)C=CC(c1ccccc1)(c1ccc(N2CCOCC2)cc1)O3. The van der Waals surface area contributed by atoms with Crippen LogP contribution in [0, 0.1) is 0 Å². The van der Waals surface area contributed by atoms with Crippen molar-refractivity contribution in [3.05, 3.63) is 125 Å². The summed E-state index contributed by atoms with van der Waals surface area (Å²) in [5.41, 5.74) is 9.82. The first-order valence-electron chi connectivity index (χ1n) is 17.5. The van der Waals surface area contributed by atoms with Gasteiger partial charge in [0, 0.05) is 59.4 Å². The number of benzene rings is 5. The summed E-state index contributed by atoms with van der Waals surface area (Å²) in [6, 6.07) is 33.0. The zero-order valence-corrected chi connectivity index (χ0v) is 28.5. The molecule has 6 nitrogen and oxygen atoms in total. The highest BCUT2D eigenvalue weighted by molar-refractivity contribution is 6.10. The Morgan fingerprint density at radius 3 is 2.06 bits per heavy atom. The summed E-state index contributed by atoms with van der Waals surface area (Å²) in [4.78, 5) is 4.79. The van der Waals surface area contributed by atoms with Crippen LogP contribution < -0.4 is 19.3 Å². The maximum Gasteiger partial charge on any atom is 0.178 e. The topological polar surface area (TPSA) is 43.4 Å². The minimum Gasteiger partial charge on any atom is -0.495 e. The molecule has 3 heterocycles. The van der Waals surface area contributed by atoms with Gasteiger partial charge in [0.2, 0.25) is 0 Å². The molecule has 1 unspecified atom stereocenters. The lowest BCUT2D eigenvalue weighted by Gasteiger charge is -2.39. The van der Waals surface area contributed by atoms with E-state index in [-0.39, 0.29) is 5.41 Å². The molecule has 0 N–H and O–H groups in total. The van der Waals surface area contributed by atoms with Crippen LogP contribution in [0.1, 0.15) is 41.7 Å². The van der Waals surface area contributed by atoms with Gasteiger partial charge in [-0.25, -0.2) is 0 Å². The molecular formula is C43H42N2O4. The van der Waals surface area contributed by atoms with Gasteiger partial charge in [0.1, 0.15) is 11.5 Å². The minimum atomic E-state index is -0.829. The predicted molar refractivity (Wildman–Crippen MR) is 197 cm³/mol. The van der Waals surface area contributed by atoms with E-state index >= 15 is 0 Å². The molecule has 0 saturated carbocycles. The fraction of sp³-hybridized carbons (Fsp3) is 0.302. The second-order valence-electron chi connectivity index (χ2n) is 14.0. The third-order valence-corrected chi connectivity index (χ3v) is 11.1. The molecule has 1 aliphatic carbocycles. The van der Waals surface area contributed by atoms with Crippen molar-refractivity contribution in [1.29, 1.82) is 0 Å². The molecule has 0 spiro atoms. The first kappa shape index (κ1) is 30.3. The van der Waals surface area contributed by atoms with Gasteiger partial charge in [-0.1, -0.05) is 86.7 Å². The van der Waals surface area contributed by atoms with Crippen molar-refractivity contribution in [3.8, 4) is 22.6 Å². The Hall–Kier alpha value is -4.78. The number of hydrogen-bond acceptors (Lipinski definition) is 6. The summed E-state index contributed by atoms with van der Waals surface area (Å²) in [7, 11) is 1.77. The van der Waals surface area contributed by atoms with Crippen molar-refractivity contribution in [3.63, 3.8) is 0 Å². The normalized spacial score (nSPS) is 20.8. The average molecular weight is 651 g/mol. The fourth-order valence-corrected chi connectivity index (χ4v) is 8.58. The minimum absolute atomic E-state index is 0.219. The van der Waals surface area contributed by atoms with E-state index in [0.717, 1.165) is 78.7 Å². The largest absolute Gasteiger partial charge is 0.495 e. The summed E-state index contributed by atoms with van der Waals surface area (Å²) in [5, 5.41) is 2.25. The Kier molecular flexibility index (Phi) is 7.22. The maximum atomic E-state index is 7.58. The van der Waals surface area contributed by atoms with Crippen LogP contribution in [-0.4, -0.2) is 59.7 Å². The summed E-state index contributed by atoms with van der Waals surface area (Å²) >= 11 is 0. The van der Waals surface area contributed by atoms with Crippen LogP contribution in [0.25, 0.3) is 28.0 Å². The molecule has 3 aliphatic heterocycles. The van der Waals surface area contributed by atoms with Crippen LogP contribution in [0.15, 0.2) is 97.1 Å². The Morgan fingerprint density at radius 1 is 0.694 bits per heavy atom. The Balaban J connectivity index is 1.29. The number of rotatable bonds is 5. The number of fused-ring (bicyclic) bond motifs is 8. The van der Waals surface area contributed by atoms with Gasteiger partial charge in [-0.15, -0.1) is 0 Å². The van der Waals surface area contributed by atoms with Crippen molar-refractivity contribution in [2.24, 2.45) is 0 Å². The predicted octanol–water partition coefficient (Wildman–Crippen LogP) is 8.18. The number of morpholine rings is 2. The molecule has 2 fully saturated rings. The van der Waals surface area contributed by atoms with E-state index in [1.165, 1.54) is 33.3 Å². The highest BCUT2D eigenvalue weighted by atomic mass is 16.5. The lowest BCUT2D eigenvalue weighted by Crippen LogP contribution is -2.37. The molecule has 4 aliphatic rings. The zero-order valence-electron chi connectivity index (χ0n) is 28.5. The van der Waals surface area contributed by atoms with Gasteiger partial charge in [-0.2, -0.15) is 0 Å². The van der Waals surface area contributed by atoms with E-state index in [1.54, 1.807) is 7.11 Å². The molecule has 248 valence electrons. The Bertz CT molecular complexity index is 2080. The van der Waals surface area contributed by atoms with Crippen LogP contribution in [0.2, 0.25) is 0 Å². The van der Waals surface area contributed by atoms with Crippen LogP contribution in [-0.2, 0) is 20.5 Å². The first-order chi connectivity index (χ1) is 24.0. The molecule has 5 aromatic rings. The molecule has 2 saturated heterocycles. The van der Waals surface area contributed by atoms with Gasteiger partial charge in [-0.3, -0.25) is 0 Å².